The van der Waals surface area contributed by atoms with E-state index in [2.05, 4.69) is 30.8 Å². The van der Waals surface area contributed by atoms with Crippen molar-refractivity contribution in [2.45, 2.75) is 31.1 Å². The summed E-state index contributed by atoms with van der Waals surface area (Å²) in [5.74, 6) is 0.531. The molecule has 1 nitrogen and oxygen atoms in total. The lowest BCUT2D eigenvalue weighted by Gasteiger charge is -2.28. The summed E-state index contributed by atoms with van der Waals surface area (Å²) in [7, 11) is 0. The first-order valence-corrected chi connectivity index (χ1v) is 6.01. The Balaban J connectivity index is 2.10. The predicted molar refractivity (Wildman–Crippen MR) is 64.2 cm³/mol. The first-order valence-electron chi connectivity index (χ1n) is 6.01. The van der Waals surface area contributed by atoms with Crippen LogP contribution < -0.4 is 0 Å². The van der Waals surface area contributed by atoms with Gasteiger partial charge in [-0.15, -0.1) is 0 Å². The van der Waals surface area contributed by atoms with Crippen LogP contribution in [0.3, 0.4) is 0 Å². The second-order valence-electron chi connectivity index (χ2n) is 5.11. The third-order valence-electron chi connectivity index (χ3n) is 4.33. The monoisotopic (exact) mass is 212 g/mol. The van der Waals surface area contributed by atoms with Crippen LogP contribution in [0.4, 0.5) is 0 Å². The summed E-state index contributed by atoms with van der Waals surface area (Å²) in [6, 6.07) is 10.5. The Kier molecular flexibility index (Phi) is 2.03. The van der Waals surface area contributed by atoms with Crippen molar-refractivity contribution in [1.82, 2.24) is 0 Å². The van der Waals surface area contributed by atoms with Gasteiger partial charge in [0.2, 0.25) is 0 Å². The third kappa shape index (κ3) is 1.14. The molecule has 0 saturated heterocycles. The number of carbonyl (C=O) groups excluding carboxylic acids is 1. The molecule has 0 aliphatic heterocycles. The van der Waals surface area contributed by atoms with E-state index in [1.165, 1.54) is 12.0 Å². The number of fused-ring (bicyclic) bond motifs is 1. The fraction of sp³-hybridized carbons (Fsp3) is 0.400. The van der Waals surface area contributed by atoms with Crippen molar-refractivity contribution >= 4 is 5.78 Å². The summed E-state index contributed by atoms with van der Waals surface area (Å²) in [6.07, 6.45) is 4.25. The Bertz CT molecular complexity index is 446. The van der Waals surface area contributed by atoms with Crippen molar-refractivity contribution < 1.29 is 4.79 Å². The molecular weight excluding hydrogens is 196 g/mol. The van der Waals surface area contributed by atoms with Crippen molar-refractivity contribution in [3.63, 3.8) is 0 Å². The van der Waals surface area contributed by atoms with E-state index < -0.39 is 0 Å². The van der Waals surface area contributed by atoms with Crippen LogP contribution in [0.2, 0.25) is 0 Å². The second-order valence-corrected chi connectivity index (χ2v) is 5.11. The summed E-state index contributed by atoms with van der Waals surface area (Å²) in [5.41, 5.74) is 2.27. The van der Waals surface area contributed by atoms with E-state index >= 15 is 0 Å². The summed E-state index contributed by atoms with van der Waals surface area (Å²) in [5, 5.41) is 0. The van der Waals surface area contributed by atoms with Gasteiger partial charge in [-0.3, -0.25) is 4.79 Å². The number of ketones is 1. The average molecular weight is 212 g/mol. The quantitative estimate of drug-likeness (QED) is 0.653. The molecule has 3 rings (SSSR count). The van der Waals surface area contributed by atoms with E-state index in [0.29, 0.717) is 5.78 Å². The van der Waals surface area contributed by atoms with Gasteiger partial charge < -0.3 is 0 Å². The second kappa shape index (κ2) is 3.31. The van der Waals surface area contributed by atoms with Gasteiger partial charge in [0.05, 0.1) is 0 Å². The van der Waals surface area contributed by atoms with Crippen LogP contribution in [0.5, 0.6) is 0 Å². The first kappa shape index (κ1) is 9.83. The van der Waals surface area contributed by atoms with Crippen molar-refractivity contribution in [3.8, 4) is 0 Å². The van der Waals surface area contributed by atoms with Gasteiger partial charge in [-0.05, 0) is 30.4 Å². The highest BCUT2D eigenvalue weighted by Crippen LogP contribution is 2.55. The summed E-state index contributed by atoms with van der Waals surface area (Å²) < 4.78 is 0. The molecule has 0 unspecified atom stereocenters. The lowest BCUT2D eigenvalue weighted by atomic mass is 9.74. The van der Waals surface area contributed by atoms with Crippen LogP contribution in [-0.4, -0.2) is 5.78 Å². The molecule has 0 radical (unpaired) electrons. The summed E-state index contributed by atoms with van der Waals surface area (Å²) in [4.78, 5) is 12.1. The van der Waals surface area contributed by atoms with E-state index in [1.807, 2.05) is 6.07 Å². The number of carbonyl (C=O) groups is 1. The van der Waals surface area contributed by atoms with Crippen molar-refractivity contribution in [1.29, 1.82) is 0 Å². The van der Waals surface area contributed by atoms with Crippen LogP contribution in [0.15, 0.2) is 42.5 Å². The minimum Gasteiger partial charge on any atom is -0.294 e. The zero-order chi connectivity index (χ0) is 11.2. The van der Waals surface area contributed by atoms with Gasteiger partial charge in [-0.2, -0.15) is 0 Å². The molecule has 1 aromatic carbocycles. The molecule has 16 heavy (non-hydrogen) atoms. The van der Waals surface area contributed by atoms with Crippen LogP contribution in [0, 0.1) is 5.92 Å². The molecule has 0 heterocycles. The maximum atomic E-state index is 12.1. The maximum absolute atomic E-state index is 12.1. The normalized spacial score (nSPS) is 33.1. The fourth-order valence-corrected chi connectivity index (χ4v) is 3.60. The first-order chi connectivity index (χ1) is 7.74. The molecule has 0 spiro atoms. The van der Waals surface area contributed by atoms with Gasteiger partial charge in [0, 0.05) is 11.3 Å². The van der Waals surface area contributed by atoms with E-state index in [1.54, 1.807) is 0 Å². The number of allylic oxidation sites excluding steroid dienone is 1. The number of Topliss-reactive ketones (excluding diaryl/α,β-unsaturated/α-hetero) is 1. The molecule has 2 aliphatic rings. The Morgan fingerprint density at radius 3 is 2.75 bits per heavy atom. The Labute approximate surface area is 96.2 Å². The zero-order valence-corrected chi connectivity index (χ0v) is 9.41. The van der Waals surface area contributed by atoms with Gasteiger partial charge in [0.15, 0.2) is 5.78 Å². The largest absolute Gasteiger partial charge is 0.294 e. The van der Waals surface area contributed by atoms with E-state index in [-0.39, 0.29) is 11.3 Å². The summed E-state index contributed by atoms with van der Waals surface area (Å²) in [6.45, 7) is 3.94. The lowest BCUT2D eigenvalue weighted by molar-refractivity contribution is -0.118. The van der Waals surface area contributed by atoms with Gasteiger partial charge >= 0.3 is 0 Å². The Hall–Kier alpha value is -1.37. The maximum Gasteiger partial charge on any atom is 0.162 e. The predicted octanol–water partition coefficient (Wildman–Crippen LogP) is 3.25. The molecule has 2 fully saturated rings. The standard InChI is InChI=1S/C15H16O/c1-11-10-15(12-6-3-2-4-7-12)9-5-8-13(15)14(11)16/h2-4,6-7,13H,1,5,8-10H2/t13-,15+/m1/s1. The molecule has 0 amide bonds. The van der Waals surface area contributed by atoms with Crippen LogP contribution in [0.1, 0.15) is 31.2 Å². The number of benzene rings is 1. The van der Waals surface area contributed by atoms with Crippen molar-refractivity contribution in [2.24, 2.45) is 5.92 Å². The molecular formula is C15H16O. The van der Waals surface area contributed by atoms with Gasteiger partial charge in [0.1, 0.15) is 0 Å². The minimum absolute atomic E-state index is 0.0927. The SMILES string of the molecule is C=C1C[C@]2(c3ccccc3)CCC[C@@H]2C1=O. The molecule has 2 aliphatic carbocycles. The summed E-state index contributed by atoms with van der Waals surface area (Å²) >= 11 is 0. The number of hydrogen-bond donors (Lipinski definition) is 0. The van der Waals surface area contributed by atoms with Gasteiger partial charge in [0.25, 0.3) is 0 Å². The third-order valence-corrected chi connectivity index (χ3v) is 4.33. The number of rotatable bonds is 1. The minimum atomic E-state index is 0.0927. The molecule has 2 atom stereocenters. The molecule has 1 heteroatoms. The van der Waals surface area contributed by atoms with Crippen LogP contribution in [-0.2, 0) is 10.2 Å². The smallest absolute Gasteiger partial charge is 0.162 e. The molecule has 2 saturated carbocycles. The van der Waals surface area contributed by atoms with E-state index in [9.17, 15) is 4.79 Å². The molecule has 1 aromatic rings. The van der Waals surface area contributed by atoms with Gasteiger partial charge in [-0.1, -0.05) is 43.3 Å². The molecule has 0 aromatic heterocycles. The van der Waals surface area contributed by atoms with Crippen LogP contribution >= 0.6 is 0 Å². The highest BCUT2D eigenvalue weighted by atomic mass is 16.1. The van der Waals surface area contributed by atoms with Gasteiger partial charge in [-0.25, -0.2) is 0 Å². The van der Waals surface area contributed by atoms with E-state index in [4.69, 9.17) is 0 Å². The molecule has 0 N–H and O–H groups in total. The average Bonchev–Trinajstić information content (AvgIpc) is 2.82. The van der Waals surface area contributed by atoms with Crippen LogP contribution in [0.25, 0.3) is 0 Å². The molecule has 82 valence electrons. The number of hydrogen-bond acceptors (Lipinski definition) is 1. The Morgan fingerprint density at radius 1 is 1.25 bits per heavy atom. The zero-order valence-electron chi connectivity index (χ0n) is 9.41. The fourth-order valence-electron chi connectivity index (χ4n) is 3.60. The topological polar surface area (TPSA) is 17.1 Å². The highest BCUT2D eigenvalue weighted by Gasteiger charge is 2.53. The van der Waals surface area contributed by atoms with Crippen molar-refractivity contribution in [3.05, 3.63) is 48.0 Å². The molecule has 0 bridgehead atoms. The van der Waals surface area contributed by atoms with Crippen molar-refractivity contribution in [2.75, 3.05) is 0 Å². The highest BCUT2D eigenvalue weighted by molar-refractivity contribution is 6.01. The lowest BCUT2D eigenvalue weighted by Crippen LogP contribution is -2.27. The van der Waals surface area contributed by atoms with E-state index in [0.717, 1.165) is 24.8 Å². The Morgan fingerprint density at radius 2 is 2.00 bits per heavy atom.